The second kappa shape index (κ2) is 7.94. The molecule has 1 aromatic carbocycles. The molecular weight excluding hydrogens is 278 g/mol. The molecule has 0 aliphatic carbocycles. The quantitative estimate of drug-likeness (QED) is 0.843. The highest BCUT2D eigenvalue weighted by Gasteiger charge is 2.19. The van der Waals surface area contributed by atoms with Crippen molar-refractivity contribution in [2.24, 2.45) is 5.73 Å². The number of nitrogens with zero attached hydrogens (tertiary/aromatic N) is 1. The fourth-order valence-electron chi connectivity index (χ4n) is 2.64. The summed E-state index contributed by atoms with van der Waals surface area (Å²) in [6, 6.07) is 7.34. The van der Waals surface area contributed by atoms with E-state index in [2.05, 4.69) is 5.32 Å². The summed E-state index contributed by atoms with van der Waals surface area (Å²) in [4.78, 5) is 25.5. The second-order valence-corrected chi connectivity index (χ2v) is 5.78. The number of carbonyl (C=O) groups excluding carboxylic acids is 2. The third kappa shape index (κ3) is 4.31. The first-order valence-corrected chi connectivity index (χ1v) is 8.04. The molecule has 1 fully saturated rings. The van der Waals surface area contributed by atoms with Crippen molar-refractivity contribution in [1.82, 2.24) is 5.32 Å². The third-order valence-corrected chi connectivity index (χ3v) is 3.97. The SMILES string of the molecule is CCCC(N)C(=O)NCc1ccc(N2CCCCC2=O)cc1. The molecule has 0 aromatic heterocycles. The van der Waals surface area contributed by atoms with Crippen molar-refractivity contribution in [1.29, 1.82) is 0 Å². The molecule has 0 bridgehead atoms. The summed E-state index contributed by atoms with van der Waals surface area (Å²) >= 11 is 0. The lowest BCUT2D eigenvalue weighted by atomic mass is 10.1. The molecule has 2 amide bonds. The molecule has 2 rings (SSSR count). The van der Waals surface area contributed by atoms with E-state index in [-0.39, 0.29) is 11.8 Å². The lowest BCUT2D eigenvalue weighted by molar-refractivity contribution is -0.122. The Bertz CT molecular complexity index is 513. The van der Waals surface area contributed by atoms with Crippen LogP contribution in [0, 0.1) is 0 Å². The summed E-state index contributed by atoms with van der Waals surface area (Å²) in [5.41, 5.74) is 7.71. The topological polar surface area (TPSA) is 75.4 Å². The smallest absolute Gasteiger partial charge is 0.237 e. The van der Waals surface area contributed by atoms with E-state index in [1.807, 2.05) is 36.1 Å². The minimum Gasteiger partial charge on any atom is -0.351 e. The minimum absolute atomic E-state index is 0.114. The lowest BCUT2D eigenvalue weighted by Crippen LogP contribution is -2.40. The Kier molecular flexibility index (Phi) is 5.95. The van der Waals surface area contributed by atoms with Gasteiger partial charge in [0.05, 0.1) is 6.04 Å². The highest BCUT2D eigenvalue weighted by atomic mass is 16.2. The Morgan fingerprint density at radius 3 is 2.68 bits per heavy atom. The maximum Gasteiger partial charge on any atom is 0.237 e. The molecule has 1 heterocycles. The fraction of sp³-hybridized carbons (Fsp3) is 0.529. The van der Waals surface area contributed by atoms with Crippen molar-refractivity contribution in [2.75, 3.05) is 11.4 Å². The number of anilines is 1. The lowest BCUT2D eigenvalue weighted by Gasteiger charge is -2.26. The Balaban J connectivity index is 1.89. The van der Waals surface area contributed by atoms with Gasteiger partial charge >= 0.3 is 0 Å². The predicted molar refractivity (Wildman–Crippen MR) is 87.4 cm³/mol. The number of hydrogen-bond donors (Lipinski definition) is 2. The average molecular weight is 303 g/mol. The normalized spacial score (nSPS) is 16.5. The zero-order valence-electron chi connectivity index (χ0n) is 13.2. The number of rotatable bonds is 6. The molecule has 1 atom stereocenters. The predicted octanol–water partition coefficient (Wildman–Crippen LogP) is 1.95. The van der Waals surface area contributed by atoms with Crippen LogP contribution >= 0.6 is 0 Å². The van der Waals surface area contributed by atoms with E-state index in [0.29, 0.717) is 19.4 Å². The first-order valence-electron chi connectivity index (χ1n) is 8.04. The van der Waals surface area contributed by atoms with E-state index in [0.717, 1.165) is 37.1 Å². The number of nitrogens with two attached hydrogens (primary N) is 1. The summed E-state index contributed by atoms with van der Waals surface area (Å²) in [6.07, 6.45) is 4.26. The van der Waals surface area contributed by atoms with Crippen LogP contribution in [-0.2, 0) is 16.1 Å². The van der Waals surface area contributed by atoms with Gasteiger partial charge < -0.3 is 16.0 Å². The van der Waals surface area contributed by atoms with Crippen molar-refractivity contribution in [3.63, 3.8) is 0 Å². The zero-order valence-corrected chi connectivity index (χ0v) is 13.2. The summed E-state index contributed by atoms with van der Waals surface area (Å²) in [6.45, 7) is 3.26. The molecule has 1 aromatic rings. The molecule has 0 spiro atoms. The summed E-state index contributed by atoms with van der Waals surface area (Å²) in [5.74, 6) is 0.0787. The number of benzene rings is 1. The van der Waals surface area contributed by atoms with E-state index in [9.17, 15) is 9.59 Å². The van der Waals surface area contributed by atoms with Crippen LogP contribution in [0.3, 0.4) is 0 Å². The molecule has 120 valence electrons. The Morgan fingerprint density at radius 2 is 2.05 bits per heavy atom. The van der Waals surface area contributed by atoms with E-state index in [1.165, 1.54) is 0 Å². The van der Waals surface area contributed by atoms with Gasteiger partial charge in [-0.3, -0.25) is 9.59 Å². The molecule has 1 unspecified atom stereocenters. The monoisotopic (exact) mass is 303 g/mol. The molecule has 1 aliphatic rings. The molecule has 22 heavy (non-hydrogen) atoms. The van der Waals surface area contributed by atoms with Gasteiger partial charge in [0.25, 0.3) is 0 Å². The maximum absolute atomic E-state index is 11.9. The number of piperidine rings is 1. The van der Waals surface area contributed by atoms with Gasteiger partial charge in [0.15, 0.2) is 0 Å². The number of amides is 2. The van der Waals surface area contributed by atoms with E-state index in [4.69, 9.17) is 5.73 Å². The molecule has 5 nitrogen and oxygen atoms in total. The fourth-order valence-corrected chi connectivity index (χ4v) is 2.64. The van der Waals surface area contributed by atoms with Crippen LogP contribution in [0.4, 0.5) is 5.69 Å². The third-order valence-electron chi connectivity index (χ3n) is 3.97. The van der Waals surface area contributed by atoms with E-state index < -0.39 is 6.04 Å². The minimum atomic E-state index is -0.435. The molecular formula is C17H25N3O2. The first kappa shape index (κ1) is 16.5. The number of nitrogens with one attached hydrogen (secondary N) is 1. The number of carbonyl (C=O) groups is 2. The Morgan fingerprint density at radius 1 is 1.32 bits per heavy atom. The van der Waals surface area contributed by atoms with Crippen molar-refractivity contribution >= 4 is 17.5 Å². The largest absolute Gasteiger partial charge is 0.351 e. The van der Waals surface area contributed by atoms with Crippen molar-refractivity contribution < 1.29 is 9.59 Å². The van der Waals surface area contributed by atoms with Crippen molar-refractivity contribution in [3.8, 4) is 0 Å². The van der Waals surface area contributed by atoms with Crippen LogP contribution in [0.2, 0.25) is 0 Å². The van der Waals surface area contributed by atoms with Gasteiger partial charge in [-0.15, -0.1) is 0 Å². The standard InChI is InChI=1S/C17H25N3O2/c1-2-5-15(18)17(22)19-12-13-7-9-14(10-8-13)20-11-4-3-6-16(20)21/h7-10,15H,2-6,11-12,18H2,1H3,(H,19,22). The second-order valence-electron chi connectivity index (χ2n) is 5.78. The first-order chi connectivity index (χ1) is 10.6. The number of hydrogen-bond acceptors (Lipinski definition) is 3. The maximum atomic E-state index is 11.9. The Hall–Kier alpha value is -1.88. The van der Waals surface area contributed by atoms with Gasteiger partial charge in [-0.2, -0.15) is 0 Å². The van der Waals surface area contributed by atoms with Crippen LogP contribution in [0.25, 0.3) is 0 Å². The average Bonchev–Trinajstić information content (AvgIpc) is 2.54. The van der Waals surface area contributed by atoms with Crippen molar-refractivity contribution in [2.45, 2.75) is 51.6 Å². The molecule has 0 radical (unpaired) electrons. The molecule has 3 N–H and O–H groups in total. The van der Waals surface area contributed by atoms with Crippen LogP contribution in [0.1, 0.15) is 44.6 Å². The van der Waals surface area contributed by atoms with Crippen LogP contribution in [-0.4, -0.2) is 24.4 Å². The molecule has 0 saturated carbocycles. The van der Waals surface area contributed by atoms with Crippen LogP contribution < -0.4 is 16.0 Å². The van der Waals surface area contributed by atoms with Crippen molar-refractivity contribution in [3.05, 3.63) is 29.8 Å². The summed E-state index contributed by atoms with van der Waals surface area (Å²) in [5, 5.41) is 2.85. The van der Waals surface area contributed by atoms with Crippen LogP contribution in [0.15, 0.2) is 24.3 Å². The van der Waals surface area contributed by atoms with Gasteiger partial charge in [0, 0.05) is 25.2 Å². The molecule has 1 aliphatic heterocycles. The van der Waals surface area contributed by atoms with E-state index >= 15 is 0 Å². The van der Waals surface area contributed by atoms with Gasteiger partial charge in [-0.1, -0.05) is 25.5 Å². The van der Waals surface area contributed by atoms with Gasteiger partial charge in [0.2, 0.25) is 11.8 Å². The van der Waals surface area contributed by atoms with Gasteiger partial charge in [-0.05, 0) is 37.0 Å². The zero-order chi connectivity index (χ0) is 15.9. The van der Waals surface area contributed by atoms with Gasteiger partial charge in [0.1, 0.15) is 0 Å². The molecule has 1 saturated heterocycles. The van der Waals surface area contributed by atoms with Crippen LogP contribution in [0.5, 0.6) is 0 Å². The summed E-state index contributed by atoms with van der Waals surface area (Å²) < 4.78 is 0. The van der Waals surface area contributed by atoms with E-state index in [1.54, 1.807) is 0 Å². The Labute approximate surface area is 131 Å². The molecule has 5 heteroatoms. The highest BCUT2D eigenvalue weighted by Crippen LogP contribution is 2.21. The summed E-state index contributed by atoms with van der Waals surface area (Å²) in [7, 11) is 0. The van der Waals surface area contributed by atoms with Gasteiger partial charge in [-0.25, -0.2) is 0 Å². The highest BCUT2D eigenvalue weighted by molar-refractivity contribution is 5.93.